The fourth-order valence-electron chi connectivity index (χ4n) is 5.02. The monoisotopic (exact) mass is 552 g/mol. The van der Waals surface area contributed by atoms with Crippen LogP contribution in [0.2, 0.25) is 0 Å². The van der Waals surface area contributed by atoms with Crippen LogP contribution in [0.1, 0.15) is 37.1 Å². The third kappa shape index (κ3) is 4.90. The van der Waals surface area contributed by atoms with Crippen LogP contribution in [0.25, 0.3) is 33.7 Å². The minimum Gasteiger partial charge on any atom is -0.348 e. The molecule has 10 heteroatoms. The van der Waals surface area contributed by atoms with Crippen molar-refractivity contribution in [1.29, 1.82) is 0 Å². The Labute approximate surface area is 242 Å². The Kier molecular flexibility index (Phi) is 6.48. The van der Waals surface area contributed by atoms with Crippen molar-refractivity contribution >= 4 is 34.0 Å². The molecule has 3 aromatic carbocycles. The summed E-state index contributed by atoms with van der Waals surface area (Å²) < 4.78 is 3.90. The predicted octanol–water partition coefficient (Wildman–Crippen LogP) is 6.29. The van der Waals surface area contributed by atoms with Crippen molar-refractivity contribution in [2.24, 2.45) is 0 Å². The molecule has 10 nitrogen and oxygen atoms in total. The lowest BCUT2D eigenvalue weighted by Gasteiger charge is -2.15. The Morgan fingerprint density at radius 2 is 0.976 bits per heavy atom. The second-order valence-corrected chi connectivity index (χ2v) is 10.1. The third-order valence-electron chi connectivity index (χ3n) is 7.28. The predicted molar refractivity (Wildman–Crippen MR) is 164 cm³/mol. The number of imidazole rings is 2. The molecule has 0 radical (unpaired) electrons. The van der Waals surface area contributed by atoms with Gasteiger partial charge in [0.15, 0.2) is 0 Å². The van der Waals surface area contributed by atoms with Crippen molar-refractivity contribution in [2.75, 3.05) is 10.6 Å². The van der Waals surface area contributed by atoms with E-state index in [0.717, 1.165) is 33.2 Å². The Hall–Kier alpha value is -5.64. The molecule has 0 aliphatic rings. The second kappa shape index (κ2) is 10.7. The second-order valence-electron chi connectivity index (χ2n) is 10.1. The lowest BCUT2D eigenvalue weighted by molar-refractivity contribution is 0.854. The summed E-state index contributed by atoms with van der Waals surface area (Å²) in [6.45, 7) is 4.18. The number of nitrogens with one attached hydrogen (secondary N) is 2. The van der Waals surface area contributed by atoms with E-state index in [0.29, 0.717) is 23.5 Å². The average molecular weight is 553 g/mol. The molecule has 7 aromatic rings. The Bertz CT molecular complexity index is 1840. The first-order valence-corrected chi connectivity index (χ1v) is 13.8. The SMILES string of the molecule is C[C@H](Nc1nccc(-n2cnc3cc4c(cc32)ncn4-c2ccnc(N[C@@H](C)c3ccccc3)n2)n1)c1ccccc1. The van der Waals surface area contributed by atoms with Gasteiger partial charge in [-0.25, -0.2) is 19.9 Å². The maximum atomic E-state index is 4.77. The topological polar surface area (TPSA) is 111 Å². The van der Waals surface area contributed by atoms with Crippen LogP contribution in [0.5, 0.6) is 0 Å². The molecule has 0 amide bonds. The molecule has 206 valence electrons. The first-order valence-electron chi connectivity index (χ1n) is 13.8. The van der Waals surface area contributed by atoms with E-state index in [-0.39, 0.29) is 12.1 Å². The molecule has 0 saturated carbocycles. The quantitative estimate of drug-likeness (QED) is 0.226. The van der Waals surface area contributed by atoms with E-state index in [4.69, 9.17) is 9.97 Å². The van der Waals surface area contributed by atoms with Crippen LogP contribution in [0.3, 0.4) is 0 Å². The normalized spacial score (nSPS) is 12.8. The summed E-state index contributed by atoms with van der Waals surface area (Å²) in [6.07, 6.45) is 7.05. The molecular weight excluding hydrogens is 524 g/mol. The molecular formula is C32H28N10. The number of benzene rings is 3. The molecule has 0 fully saturated rings. The smallest absolute Gasteiger partial charge is 0.225 e. The maximum absolute atomic E-state index is 4.77. The van der Waals surface area contributed by atoms with Crippen LogP contribution >= 0.6 is 0 Å². The number of anilines is 2. The van der Waals surface area contributed by atoms with E-state index in [1.54, 1.807) is 25.0 Å². The highest BCUT2D eigenvalue weighted by molar-refractivity contribution is 5.93. The Morgan fingerprint density at radius 1 is 0.548 bits per heavy atom. The molecule has 7 rings (SSSR count). The van der Waals surface area contributed by atoms with Crippen molar-refractivity contribution in [1.82, 2.24) is 39.0 Å². The summed E-state index contributed by atoms with van der Waals surface area (Å²) in [5.74, 6) is 2.53. The summed E-state index contributed by atoms with van der Waals surface area (Å²) in [6, 6.07) is 28.3. The number of hydrogen-bond donors (Lipinski definition) is 2. The Balaban J connectivity index is 1.17. The van der Waals surface area contributed by atoms with Crippen LogP contribution in [-0.2, 0) is 0 Å². The molecule has 0 saturated heterocycles. The molecule has 4 heterocycles. The van der Waals surface area contributed by atoms with Crippen molar-refractivity contribution in [3.8, 4) is 11.6 Å². The van der Waals surface area contributed by atoms with Gasteiger partial charge in [-0.05, 0) is 49.2 Å². The van der Waals surface area contributed by atoms with Gasteiger partial charge in [-0.1, -0.05) is 60.7 Å². The van der Waals surface area contributed by atoms with E-state index in [9.17, 15) is 0 Å². The van der Waals surface area contributed by atoms with E-state index in [1.807, 2.05) is 69.8 Å². The summed E-state index contributed by atoms with van der Waals surface area (Å²) in [4.78, 5) is 27.8. The standard InChI is InChI=1S/C32H28N10/c1-21(23-9-5-3-6-10-23)37-31-33-15-13-29(39-31)41-19-35-25-18-28-26(17-27(25)41)36-20-42(28)30-14-16-34-32(40-30)38-22(2)24-11-7-4-8-12-24/h3-22H,1-2H3,(H,33,37,39)(H,34,38,40)/t21-,22-/m0/s1. The molecule has 4 aromatic heterocycles. The zero-order valence-electron chi connectivity index (χ0n) is 23.1. The zero-order chi connectivity index (χ0) is 28.5. The zero-order valence-corrected chi connectivity index (χ0v) is 23.1. The van der Waals surface area contributed by atoms with E-state index in [1.165, 1.54) is 0 Å². The lowest BCUT2D eigenvalue weighted by Crippen LogP contribution is -2.10. The summed E-state index contributed by atoms with van der Waals surface area (Å²) in [5.41, 5.74) is 5.76. The van der Waals surface area contributed by atoms with Gasteiger partial charge in [0.2, 0.25) is 11.9 Å². The number of aromatic nitrogens is 8. The molecule has 42 heavy (non-hydrogen) atoms. The highest BCUT2D eigenvalue weighted by Crippen LogP contribution is 2.26. The van der Waals surface area contributed by atoms with E-state index >= 15 is 0 Å². The highest BCUT2D eigenvalue weighted by atomic mass is 15.2. The average Bonchev–Trinajstić information content (AvgIpc) is 3.65. The van der Waals surface area contributed by atoms with Gasteiger partial charge in [-0.2, -0.15) is 9.97 Å². The molecule has 2 atom stereocenters. The van der Waals surface area contributed by atoms with E-state index in [2.05, 4.69) is 68.7 Å². The molecule has 0 spiro atoms. The summed E-state index contributed by atoms with van der Waals surface area (Å²) in [5, 5.41) is 6.79. The fourth-order valence-corrected chi connectivity index (χ4v) is 5.02. The van der Waals surface area contributed by atoms with Crippen LogP contribution < -0.4 is 10.6 Å². The van der Waals surface area contributed by atoms with Gasteiger partial charge in [-0.15, -0.1) is 0 Å². The molecule has 0 aliphatic carbocycles. The van der Waals surface area contributed by atoms with Gasteiger partial charge in [0.25, 0.3) is 0 Å². The number of rotatable bonds is 8. The minimum absolute atomic E-state index is 0.0589. The van der Waals surface area contributed by atoms with Crippen LogP contribution in [0.4, 0.5) is 11.9 Å². The Morgan fingerprint density at radius 3 is 1.40 bits per heavy atom. The van der Waals surface area contributed by atoms with Gasteiger partial charge in [0, 0.05) is 12.4 Å². The van der Waals surface area contributed by atoms with Crippen molar-refractivity contribution < 1.29 is 0 Å². The van der Waals surface area contributed by atoms with E-state index < -0.39 is 0 Å². The largest absolute Gasteiger partial charge is 0.348 e. The van der Waals surface area contributed by atoms with Crippen molar-refractivity contribution in [3.05, 3.63) is 121 Å². The summed E-state index contributed by atoms with van der Waals surface area (Å²) in [7, 11) is 0. The minimum atomic E-state index is 0.0589. The molecule has 0 aliphatic heterocycles. The first kappa shape index (κ1) is 25.3. The fraction of sp³-hybridized carbons (Fsp3) is 0.125. The molecule has 0 bridgehead atoms. The number of nitrogens with zero attached hydrogens (tertiary/aromatic N) is 8. The highest BCUT2D eigenvalue weighted by Gasteiger charge is 2.15. The van der Waals surface area contributed by atoms with Gasteiger partial charge < -0.3 is 10.6 Å². The molecule has 0 unspecified atom stereocenters. The van der Waals surface area contributed by atoms with Gasteiger partial charge >= 0.3 is 0 Å². The first-order chi connectivity index (χ1) is 20.6. The van der Waals surface area contributed by atoms with Crippen LogP contribution in [0, 0.1) is 0 Å². The molecule has 2 N–H and O–H groups in total. The van der Waals surface area contributed by atoms with Gasteiger partial charge in [0.05, 0.1) is 34.2 Å². The van der Waals surface area contributed by atoms with Crippen molar-refractivity contribution in [2.45, 2.75) is 25.9 Å². The van der Waals surface area contributed by atoms with Crippen LogP contribution in [-0.4, -0.2) is 39.0 Å². The maximum Gasteiger partial charge on any atom is 0.225 e. The van der Waals surface area contributed by atoms with Gasteiger partial charge in [0.1, 0.15) is 24.3 Å². The van der Waals surface area contributed by atoms with Crippen molar-refractivity contribution in [3.63, 3.8) is 0 Å². The number of fused-ring (bicyclic) bond motifs is 2. The van der Waals surface area contributed by atoms with Gasteiger partial charge in [-0.3, -0.25) is 9.13 Å². The van der Waals surface area contributed by atoms with Crippen LogP contribution in [0.15, 0.2) is 110 Å². The third-order valence-corrected chi connectivity index (χ3v) is 7.28. The lowest BCUT2D eigenvalue weighted by atomic mass is 10.1. The summed E-state index contributed by atoms with van der Waals surface area (Å²) >= 11 is 0. The number of hydrogen-bond acceptors (Lipinski definition) is 8.